The molecule has 1 aliphatic rings. The zero-order chi connectivity index (χ0) is 13.2. The fraction of sp³-hybridized carbons (Fsp3) is 0.294. The van der Waals surface area contributed by atoms with Gasteiger partial charge in [-0.2, -0.15) is 0 Å². The van der Waals surface area contributed by atoms with Gasteiger partial charge in [-0.1, -0.05) is 36.4 Å². The second-order valence-corrected chi connectivity index (χ2v) is 5.11. The Morgan fingerprint density at radius 2 is 1.47 bits per heavy atom. The van der Waals surface area contributed by atoms with Crippen LogP contribution >= 0.6 is 0 Å². The van der Waals surface area contributed by atoms with Crippen molar-refractivity contribution < 1.29 is 9.47 Å². The summed E-state index contributed by atoms with van der Waals surface area (Å²) in [5, 5.41) is 0. The Morgan fingerprint density at radius 1 is 0.947 bits per heavy atom. The van der Waals surface area contributed by atoms with Gasteiger partial charge >= 0.3 is 0 Å². The molecule has 0 saturated carbocycles. The van der Waals surface area contributed by atoms with Crippen LogP contribution in [-0.2, 0) is 4.74 Å². The smallest absolute Gasteiger partial charge is 0.131 e. The van der Waals surface area contributed by atoms with Crippen LogP contribution in [0.1, 0.15) is 30.9 Å². The molecule has 0 amide bonds. The Hall–Kier alpha value is -1.80. The summed E-state index contributed by atoms with van der Waals surface area (Å²) in [4.78, 5) is 0. The van der Waals surface area contributed by atoms with Gasteiger partial charge < -0.3 is 9.47 Å². The van der Waals surface area contributed by atoms with E-state index in [1.54, 1.807) is 0 Å². The Labute approximate surface area is 114 Å². The lowest BCUT2D eigenvalue weighted by molar-refractivity contribution is 0.0719. The van der Waals surface area contributed by atoms with Crippen molar-refractivity contribution in [1.82, 2.24) is 0 Å². The first-order chi connectivity index (χ1) is 9.25. The Morgan fingerprint density at radius 3 is 2.00 bits per heavy atom. The molecule has 0 radical (unpaired) electrons. The number of rotatable bonds is 3. The van der Waals surface area contributed by atoms with Crippen LogP contribution in [0.5, 0.6) is 11.5 Å². The second-order valence-electron chi connectivity index (χ2n) is 5.11. The largest absolute Gasteiger partial charge is 0.457 e. The van der Waals surface area contributed by atoms with Crippen LogP contribution in [0.3, 0.4) is 0 Å². The van der Waals surface area contributed by atoms with Gasteiger partial charge in [0.05, 0.1) is 12.7 Å². The molecule has 1 aliphatic heterocycles. The summed E-state index contributed by atoms with van der Waals surface area (Å²) in [7, 11) is 0. The summed E-state index contributed by atoms with van der Waals surface area (Å²) in [6.45, 7) is 4.82. The number of fused-ring (bicyclic) bond motifs is 2. The quantitative estimate of drug-likeness (QED) is 0.810. The highest BCUT2D eigenvalue weighted by molar-refractivity contribution is 5.53. The molecular weight excluding hydrogens is 236 g/mol. The second kappa shape index (κ2) is 5.06. The Balaban J connectivity index is 2.01. The van der Waals surface area contributed by atoms with Crippen molar-refractivity contribution in [3.05, 3.63) is 59.7 Å². The molecule has 3 rings (SSSR count). The van der Waals surface area contributed by atoms with E-state index in [1.807, 2.05) is 24.3 Å². The van der Waals surface area contributed by atoms with Gasteiger partial charge in [-0.15, -0.1) is 0 Å². The van der Waals surface area contributed by atoms with E-state index in [-0.39, 0.29) is 12.0 Å². The average molecular weight is 254 g/mol. The van der Waals surface area contributed by atoms with Gasteiger partial charge in [-0.3, -0.25) is 0 Å². The molecule has 0 aromatic heterocycles. The van der Waals surface area contributed by atoms with Crippen LogP contribution < -0.4 is 4.74 Å². The molecule has 98 valence electrons. The molecule has 0 spiro atoms. The van der Waals surface area contributed by atoms with E-state index in [9.17, 15) is 0 Å². The number of ether oxygens (including phenoxy) is 2. The van der Waals surface area contributed by atoms with Crippen molar-refractivity contribution >= 4 is 0 Å². The molecule has 2 aromatic carbocycles. The van der Waals surface area contributed by atoms with Crippen molar-refractivity contribution in [3.63, 3.8) is 0 Å². The predicted molar refractivity (Wildman–Crippen MR) is 75.9 cm³/mol. The zero-order valence-electron chi connectivity index (χ0n) is 11.3. The minimum absolute atomic E-state index is 0.238. The standard InChI is InChI=1S/C17H18O2/c1-12(2)18-11-15-13-7-3-5-9-16(13)19-17-10-6-4-8-14(15)17/h3-10,12,15H,11H2,1-2H3. The van der Waals surface area contributed by atoms with E-state index in [1.165, 1.54) is 11.1 Å². The van der Waals surface area contributed by atoms with Gasteiger partial charge in [0.1, 0.15) is 11.5 Å². The Bertz CT molecular complexity index is 529. The third-order valence-electron chi connectivity index (χ3n) is 3.40. The molecule has 0 N–H and O–H groups in total. The normalized spacial score (nSPS) is 13.8. The number of para-hydroxylation sites is 2. The molecule has 19 heavy (non-hydrogen) atoms. The summed E-state index contributed by atoms with van der Waals surface area (Å²) in [5.41, 5.74) is 2.42. The van der Waals surface area contributed by atoms with Gasteiger partial charge in [-0.25, -0.2) is 0 Å². The van der Waals surface area contributed by atoms with Gasteiger partial charge in [0.2, 0.25) is 0 Å². The van der Waals surface area contributed by atoms with Crippen LogP contribution in [0.2, 0.25) is 0 Å². The highest BCUT2D eigenvalue weighted by atomic mass is 16.5. The van der Waals surface area contributed by atoms with Gasteiger partial charge in [-0.05, 0) is 26.0 Å². The van der Waals surface area contributed by atoms with E-state index in [0.717, 1.165) is 11.5 Å². The molecule has 0 atom stereocenters. The first kappa shape index (κ1) is 12.2. The molecule has 1 heterocycles. The predicted octanol–water partition coefficient (Wildman–Crippen LogP) is 4.35. The number of hydrogen-bond donors (Lipinski definition) is 0. The average Bonchev–Trinajstić information content (AvgIpc) is 2.43. The van der Waals surface area contributed by atoms with Crippen LogP contribution in [0, 0.1) is 0 Å². The molecule has 0 fully saturated rings. The summed E-state index contributed by atoms with van der Waals surface area (Å²) < 4.78 is 11.8. The van der Waals surface area contributed by atoms with Gasteiger partial charge in [0, 0.05) is 17.0 Å². The molecule has 0 bridgehead atoms. The van der Waals surface area contributed by atoms with Crippen molar-refractivity contribution in [1.29, 1.82) is 0 Å². The maximum Gasteiger partial charge on any atom is 0.131 e. The fourth-order valence-corrected chi connectivity index (χ4v) is 2.48. The van der Waals surface area contributed by atoms with Crippen molar-refractivity contribution in [2.24, 2.45) is 0 Å². The van der Waals surface area contributed by atoms with Gasteiger partial charge in [0.15, 0.2) is 0 Å². The van der Waals surface area contributed by atoms with E-state index >= 15 is 0 Å². The molecule has 0 unspecified atom stereocenters. The minimum Gasteiger partial charge on any atom is -0.457 e. The maximum absolute atomic E-state index is 5.96. The molecule has 2 aromatic rings. The fourth-order valence-electron chi connectivity index (χ4n) is 2.48. The number of hydrogen-bond acceptors (Lipinski definition) is 2. The Kier molecular flexibility index (Phi) is 3.26. The molecule has 2 nitrogen and oxygen atoms in total. The van der Waals surface area contributed by atoms with Crippen molar-refractivity contribution in [2.45, 2.75) is 25.9 Å². The molecule has 0 aliphatic carbocycles. The third kappa shape index (κ3) is 2.36. The maximum atomic E-state index is 5.96. The van der Waals surface area contributed by atoms with E-state index in [0.29, 0.717) is 6.61 Å². The first-order valence-corrected chi connectivity index (χ1v) is 6.73. The summed E-state index contributed by atoms with van der Waals surface area (Å²) in [6, 6.07) is 16.4. The highest BCUT2D eigenvalue weighted by Gasteiger charge is 2.26. The molecule has 0 saturated heterocycles. The number of benzene rings is 2. The summed E-state index contributed by atoms with van der Waals surface area (Å²) in [6.07, 6.45) is 0.238. The lowest BCUT2D eigenvalue weighted by atomic mass is 9.88. The lowest BCUT2D eigenvalue weighted by Crippen LogP contribution is -2.17. The van der Waals surface area contributed by atoms with Crippen molar-refractivity contribution in [3.8, 4) is 11.5 Å². The van der Waals surface area contributed by atoms with Gasteiger partial charge in [0.25, 0.3) is 0 Å². The monoisotopic (exact) mass is 254 g/mol. The van der Waals surface area contributed by atoms with Crippen LogP contribution in [0.15, 0.2) is 48.5 Å². The minimum atomic E-state index is 0.238. The zero-order valence-corrected chi connectivity index (χ0v) is 11.3. The first-order valence-electron chi connectivity index (χ1n) is 6.73. The van der Waals surface area contributed by atoms with E-state index < -0.39 is 0 Å². The van der Waals surface area contributed by atoms with Crippen LogP contribution in [0.25, 0.3) is 0 Å². The van der Waals surface area contributed by atoms with Crippen LogP contribution in [0.4, 0.5) is 0 Å². The third-order valence-corrected chi connectivity index (χ3v) is 3.40. The van der Waals surface area contributed by atoms with Crippen molar-refractivity contribution in [2.75, 3.05) is 6.61 Å². The molecule has 2 heteroatoms. The summed E-state index contributed by atoms with van der Waals surface area (Å²) in [5.74, 6) is 2.14. The van der Waals surface area contributed by atoms with Crippen LogP contribution in [-0.4, -0.2) is 12.7 Å². The summed E-state index contributed by atoms with van der Waals surface area (Å²) >= 11 is 0. The molecular formula is C17H18O2. The van der Waals surface area contributed by atoms with E-state index in [4.69, 9.17) is 9.47 Å². The highest BCUT2D eigenvalue weighted by Crippen LogP contribution is 2.43. The topological polar surface area (TPSA) is 18.5 Å². The SMILES string of the molecule is CC(C)OCC1c2ccccc2Oc2ccccc21. The van der Waals surface area contributed by atoms with E-state index in [2.05, 4.69) is 38.1 Å². The lowest BCUT2D eigenvalue weighted by Gasteiger charge is -2.28.